The lowest BCUT2D eigenvalue weighted by Gasteiger charge is -2.37. The van der Waals surface area contributed by atoms with Crippen LogP contribution in [0.5, 0.6) is 0 Å². The minimum absolute atomic E-state index is 0.0656. The Morgan fingerprint density at radius 3 is 2.25 bits per heavy atom. The lowest BCUT2D eigenvalue weighted by Crippen LogP contribution is -2.57. The molecule has 48 heavy (non-hydrogen) atoms. The second-order valence-electron chi connectivity index (χ2n) is 12.3. The quantitative estimate of drug-likeness (QED) is 0.237. The van der Waals surface area contributed by atoms with Crippen molar-refractivity contribution in [3.8, 4) is 0 Å². The molecule has 0 aliphatic carbocycles. The Hall–Kier alpha value is -4.62. The topological polar surface area (TPSA) is 112 Å². The van der Waals surface area contributed by atoms with Crippen LogP contribution in [-0.2, 0) is 11.3 Å². The zero-order valence-corrected chi connectivity index (χ0v) is 26.8. The number of piperazine rings is 2. The number of carbonyl (C=O) groups excluding carboxylic acids is 2. The van der Waals surface area contributed by atoms with Crippen LogP contribution in [0, 0.1) is 11.6 Å². The molecule has 12 heteroatoms. The first kappa shape index (κ1) is 33.3. The maximum Gasteiger partial charge on any atom is 0.410 e. The van der Waals surface area contributed by atoms with Gasteiger partial charge < -0.3 is 33.8 Å². The molecule has 2 fully saturated rings. The molecule has 0 radical (unpaired) electrons. The molecule has 0 spiro atoms. The van der Waals surface area contributed by atoms with Gasteiger partial charge in [-0.05, 0) is 68.2 Å². The molecule has 3 aromatic carbocycles. The number of fused-ring (bicyclic) bond motifs is 2. The number of Topliss-reactive ketones (excluding diaryl/α,β-unsaturated/α-hetero) is 1. The van der Waals surface area contributed by atoms with Gasteiger partial charge in [0, 0.05) is 50.0 Å². The summed E-state index contributed by atoms with van der Waals surface area (Å²) in [6.45, 7) is 4.07. The van der Waals surface area contributed by atoms with Crippen molar-refractivity contribution in [1.82, 2.24) is 20.0 Å². The first-order chi connectivity index (χ1) is 23.1. The number of nitrogens with one attached hydrogen (secondary N) is 1. The molecule has 5 aromatic rings. The van der Waals surface area contributed by atoms with E-state index in [0.717, 1.165) is 25.2 Å². The number of hydrogen-bond acceptors (Lipinski definition) is 9. The number of furan rings is 2. The Bertz CT molecular complexity index is 1880. The molecular formula is C36H38F2N4O6. The fourth-order valence-electron chi connectivity index (χ4n) is 5.99. The average molecular weight is 661 g/mol. The number of likely N-dealkylation sites (N-methyl/N-ethyl adjacent to an activating group) is 2. The number of halogens is 2. The molecule has 252 valence electrons. The summed E-state index contributed by atoms with van der Waals surface area (Å²) in [4.78, 5) is 31.4. The van der Waals surface area contributed by atoms with Crippen molar-refractivity contribution < 1.29 is 37.0 Å². The first-order valence-corrected chi connectivity index (χ1v) is 15.8. The minimum atomic E-state index is -0.734. The summed E-state index contributed by atoms with van der Waals surface area (Å²) in [6.07, 6.45) is -1.26. The summed E-state index contributed by atoms with van der Waals surface area (Å²) in [5.74, 6) is -0.448. The predicted octanol–water partition coefficient (Wildman–Crippen LogP) is 5.22. The number of aliphatic hydroxyl groups excluding tert-OH is 1. The monoisotopic (exact) mass is 660 g/mol. The molecule has 0 saturated carbocycles. The SMILES string of the molecule is CN1CCN(C(=O)OCc2ccccc2)C(C(=O)c2cc3cc(F)ccc3o2)C1.CN1CCNC(C(O)c2cc3cc(F)ccc3o2)C1. The van der Waals surface area contributed by atoms with Gasteiger partial charge in [0.2, 0.25) is 5.78 Å². The molecular weight excluding hydrogens is 622 g/mol. The van der Waals surface area contributed by atoms with Crippen molar-refractivity contribution in [3.63, 3.8) is 0 Å². The van der Waals surface area contributed by atoms with Crippen LogP contribution in [0.1, 0.15) is 28.0 Å². The third-order valence-electron chi connectivity index (χ3n) is 8.63. The Balaban J connectivity index is 0.000000182. The Morgan fingerprint density at radius 2 is 1.54 bits per heavy atom. The molecule has 2 aliphatic heterocycles. The van der Waals surface area contributed by atoms with Crippen LogP contribution in [0.2, 0.25) is 0 Å². The van der Waals surface area contributed by atoms with E-state index in [-0.39, 0.29) is 30.0 Å². The number of ether oxygens (including phenoxy) is 1. The molecule has 3 atom stereocenters. The van der Waals surface area contributed by atoms with Crippen molar-refractivity contribution in [3.05, 3.63) is 108 Å². The maximum atomic E-state index is 13.4. The number of benzene rings is 3. The van der Waals surface area contributed by atoms with E-state index in [1.165, 1.54) is 41.3 Å². The Kier molecular flexibility index (Phi) is 10.2. The number of hydrogen-bond donors (Lipinski definition) is 2. The summed E-state index contributed by atoms with van der Waals surface area (Å²) in [7, 11) is 3.91. The fraction of sp³-hybridized carbons (Fsp3) is 0.333. The molecule has 2 aliphatic rings. The Morgan fingerprint density at radius 1 is 0.875 bits per heavy atom. The van der Waals surface area contributed by atoms with Crippen LogP contribution in [-0.4, -0.2) is 97.1 Å². The molecule has 4 heterocycles. The van der Waals surface area contributed by atoms with Gasteiger partial charge in [0.05, 0.1) is 6.04 Å². The van der Waals surface area contributed by atoms with Gasteiger partial charge in [-0.25, -0.2) is 13.6 Å². The summed E-state index contributed by atoms with van der Waals surface area (Å²) >= 11 is 0. The second kappa shape index (κ2) is 14.7. The van der Waals surface area contributed by atoms with Gasteiger partial charge in [-0.3, -0.25) is 9.69 Å². The number of nitrogens with zero attached hydrogens (tertiary/aromatic N) is 3. The molecule has 1 amide bonds. The van der Waals surface area contributed by atoms with E-state index >= 15 is 0 Å². The van der Waals surface area contributed by atoms with Gasteiger partial charge in [-0.1, -0.05) is 30.3 Å². The number of ketones is 1. The van der Waals surface area contributed by atoms with Crippen LogP contribution in [0.3, 0.4) is 0 Å². The van der Waals surface area contributed by atoms with E-state index in [2.05, 4.69) is 10.2 Å². The van der Waals surface area contributed by atoms with Crippen molar-refractivity contribution in [2.24, 2.45) is 0 Å². The maximum absolute atomic E-state index is 13.4. The molecule has 2 N–H and O–H groups in total. The highest BCUT2D eigenvalue weighted by atomic mass is 19.1. The molecule has 10 nitrogen and oxygen atoms in total. The van der Waals surface area contributed by atoms with Gasteiger partial charge in [0.1, 0.15) is 47.3 Å². The normalized spacial score (nSPS) is 19.6. The largest absolute Gasteiger partial charge is 0.458 e. The number of amides is 1. The van der Waals surface area contributed by atoms with Crippen molar-refractivity contribution in [1.29, 1.82) is 0 Å². The molecule has 7 rings (SSSR count). The van der Waals surface area contributed by atoms with Gasteiger partial charge >= 0.3 is 6.09 Å². The van der Waals surface area contributed by atoms with Gasteiger partial charge in [-0.2, -0.15) is 0 Å². The molecule has 2 aromatic heterocycles. The number of carbonyl (C=O) groups is 2. The van der Waals surface area contributed by atoms with Crippen LogP contribution in [0.4, 0.5) is 13.6 Å². The third-order valence-corrected chi connectivity index (χ3v) is 8.63. The van der Waals surface area contributed by atoms with Crippen LogP contribution in [0.25, 0.3) is 21.9 Å². The zero-order chi connectivity index (χ0) is 33.8. The van der Waals surface area contributed by atoms with Gasteiger partial charge in [0.15, 0.2) is 5.76 Å². The summed E-state index contributed by atoms with van der Waals surface area (Å²) < 4.78 is 43.2. The highest BCUT2D eigenvalue weighted by Crippen LogP contribution is 2.27. The van der Waals surface area contributed by atoms with E-state index in [1.54, 1.807) is 12.1 Å². The lowest BCUT2D eigenvalue weighted by atomic mass is 10.1. The van der Waals surface area contributed by atoms with Crippen molar-refractivity contribution in [2.45, 2.75) is 24.8 Å². The van der Waals surface area contributed by atoms with Gasteiger partial charge in [-0.15, -0.1) is 0 Å². The first-order valence-electron chi connectivity index (χ1n) is 15.8. The fourth-order valence-corrected chi connectivity index (χ4v) is 5.99. The average Bonchev–Trinajstić information content (AvgIpc) is 3.71. The summed E-state index contributed by atoms with van der Waals surface area (Å²) in [5, 5.41) is 14.8. The molecule has 0 bridgehead atoms. The highest BCUT2D eigenvalue weighted by molar-refractivity contribution is 6.02. The van der Waals surface area contributed by atoms with E-state index < -0.39 is 24.1 Å². The van der Waals surface area contributed by atoms with Crippen molar-refractivity contribution >= 4 is 33.8 Å². The zero-order valence-electron chi connectivity index (χ0n) is 26.8. The van der Waals surface area contributed by atoms with Crippen LogP contribution >= 0.6 is 0 Å². The van der Waals surface area contributed by atoms with Crippen LogP contribution in [0.15, 0.2) is 87.7 Å². The third kappa shape index (κ3) is 7.74. The predicted molar refractivity (Wildman–Crippen MR) is 176 cm³/mol. The summed E-state index contributed by atoms with van der Waals surface area (Å²) in [6, 6.07) is 20.2. The molecule has 3 unspecified atom stereocenters. The highest BCUT2D eigenvalue weighted by Gasteiger charge is 2.37. The van der Waals surface area contributed by atoms with Gasteiger partial charge in [0.25, 0.3) is 0 Å². The summed E-state index contributed by atoms with van der Waals surface area (Å²) in [5.41, 5.74) is 1.90. The lowest BCUT2D eigenvalue weighted by molar-refractivity contribution is 0.0417. The minimum Gasteiger partial charge on any atom is -0.458 e. The number of rotatable bonds is 6. The van der Waals surface area contributed by atoms with Crippen molar-refractivity contribution in [2.75, 3.05) is 53.4 Å². The number of aliphatic hydroxyl groups is 1. The smallest absolute Gasteiger partial charge is 0.410 e. The van der Waals surface area contributed by atoms with E-state index in [0.29, 0.717) is 47.3 Å². The second-order valence-corrected chi connectivity index (χ2v) is 12.3. The van der Waals surface area contributed by atoms with E-state index in [9.17, 15) is 23.5 Å². The Labute approximate surface area is 276 Å². The molecule has 2 saturated heterocycles. The van der Waals surface area contributed by atoms with Crippen LogP contribution < -0.4 is 5.32 Å². The van der Waals surface area contributed by atoms with E-state index in [1.807, 2.05) is 49.3 Å². The standard InChI is InChI=1S/C22H21FN2O4.C14H17FN2O2/c1-24-9-10-25(22(27)28-14-15-5-3-2-4-6-15)18(13-24)21(26)20-12-16-11-17(23)7-8-19(16)29-20;1-17-5-4-16-11(8-17)14(18)13-7-9-6-10(15)2-3-12(9)19-13/h2-8,11-12,18H,9-10,13-14H2,1H3;2-3,6-7,11,14,16,18H,4-5,8H2,1H3. The van der Waals surface area contributed by atoms with E-state index in [4.69, 9.17) is 13.6 Å².